The van der Waals surface area contributed by atoms with E-state index < -0.39 is 5.41 Å². The van der Waals surface area contributed by atoms with E-state index in [1.165, 1.54) is 6.42 Å². The number of nitrogens with zero attached hydrogens (tertiary/aromatic N) is 1. The second-order valence-corrected chi connectivity index (χ2v) is 6.60. The van der Waals surface area contributed by atoms with Gasteiger partial charge < -0.3 is 11.1 Å². The van der Waals surface area contributed by atoms with Gasteiger partial charge in [0.15, 0.2) is 0 Å². The van der Waals surface area contributed by atoms with E-state index in [9.17, 15) is 4.79 Å². The molecule has 21 heavy (non-hydrogen) atoms. The second kappa shape index (κ2) is 5.87. The van der Waals surface area contributed by atoms with Crippen LogP contribution in [0.2, 0.25) is 0 Å². The first kappa shape index (κ1) is 15.5. The highest BCUT2D eigenvalue weighted by Crippen LogP contribution is 2.43. The highest BCUT2D eigenvalue weighted by molar-refractivity contribution is 5.91. The number of carbonyl (C=O) groups is 1. The maximum Gasteiger partial charge on any atom is 0.224 e. The lowest BCUT2D eigenvalue weighted by molar-refractivity contribution is -0.119. The van der Waals surface area contributed by atoms with Gasteiger partial charge in [-0.3, -0.25) is 4.79 Å². The molecular formula is C17H23N3O. The number of rotatable bonds is 5. The summed E-state index contributed by atoms with van der Waals surface area (Å²) in [6, 6.07) is 9.75. The Morgan fingerprint density at radius 2 is 2.00 bits per heavy atom. The predicted octanol–water partition coefficient (Wildman–Crippen LogP) is 2.95. The third kappa shape index (κ3) is 3.43. The van der Waals surface area contributed by atoms with Gasteiger partial charge >= 0.3 is 0 Å². The lowest BCUT2D eigenvalue weighted by Crippen LogP contribution is -2.40. The van der Waals surface area contributed by atoms with E-state index in [4.69, 9.17) is 11.0 Å². The smallest absolute Gasteiger partial charge is 0.224 e. The first-order valence-electron chi connectivity index (χ1n) is 7.43. The van der Waals surface area contributed by atoms with Crippen molar-refractivity contribution >= 4 is 11.6 Å². The van der Waals surface area contributed by atoms with E-state index in [-0.39, 0.29) is 11.3 Å². The Balaban J connectivity index is 1.97. The predicted molar refractivity (Wildman–Crippen MR) is 83.7 cm³/mol. The lowest BCUT2D eigenvalue weighted by Gasteiger charge is -2.40. The average molecular weight is 285 g/mol. The van der Waals surface area contributed by atoms with Gasteiger partial charge in [0.1, 0.15) is 0 Å². The summed E-state index contributed by atoms with van der Waals surface area (Å²) >= 11 is 0. The molecule has 1 aromatic rings. The fraction of sp³-hybridized carbons (Fsp3) is 0.529. The molecule has 0 saturated heterocycles. The molecule has 1 fully saturated rings. The van der Waals surface area contributed by atoms with Crippen molar-refractivity contribution in [1.29, 1.82) is 5.26 Å². The summed E-state index contributed by atoms with van der Waals surface area (Å²) in [7, 11) is 0. The molecule has 4 nitrogen and oxygen atoms in total. The molecule has 4 heteroatoms. The molecule has 1 aliphatic rings. The largest absolute Gasteiger partial charge is 0.330 e. The minimum absolute atomic E-state index is 0.0207. The summed E-state index contributed by atoms with van der Waals surface area (Å²) in [5, 5.41) is 12.0. The molecule has 0 unspecified atom stereocenters. The number of hydrogen-bond donors (Lipinski definition) is 2. The van der Waals surface area contributed by atoms with E-state index in [0.717, 1.165) is 24.1 Å². The van der Waals surface area contributed by atoms with E-state index in [1.54, 1.807) is 0 Å². The SMILES string of the molecule is CC(C)(C#N)c1ccc(NC(=O)CC2(CN)CCC2)cc1. The fourth-order valence-electron chi connectivity index (χ4n) is 2.71. The summed E-state index contributed by atoms with van der Waals surface area (Å²) in [6.45, 7) is 4.33. The van der Waals surface area contributed by atoms with Crippen molar-refractivity contribution in [3.05, 3.63) is 29.8 Å². The molecule has 0 radical (unpaired) electrons. The molecule has 1 saturated carbocycles. The van der Waals surface area contributed by atoms with Gasteiger partial charge in [-0.25, -0.2) is 0 Å². The maximum absolute atomic E-state index is 12.1. The van der Waals surface area contributed by atoms with Crippen molar-refractivity contribution < 1.29 is 4.79 Å². The van der Waals surface area contributed by atoms with Crippen LogP contribution >= 0.6 is 0 Å². The van der Waals surface area contributed by atoms with Gasteiger partial charge in [0, 0.05) is 12.1 Å². The molecule has 0 bridgehead atoms. The third-order valence-electron chi connectivity index (χ3n) is 4.55. The van der Waals surface area contributed by atoms with Crippen LogP contribution in [0.5, 0.6) is 0 Å². The quantitative estimate of drug-likeness (QED) is 0.873. The molecule has 1 amide bonds. The number of hydrogen-bond acceptors (Lipinski definition) is 3. The third-order valence-corrected chi connectivity index (χ3v) is 4.55. The van der Waals surface area contributed by atoms with Crippen LogP contribution < -0.4 is 11.1 Å². The first-order valence-corrected chi connectivity index (χ1v) is 7.43. The highest BCUT2D eigenvalue weighted by atomic mass is 16.1. The monoisotopic (exact) mass is 285 g/mol. The molecule has 112 valence electrons. The number of benzene rings is 1. The zero-order valence-corrected chi connectivity index (χ0v) is 12.8. The molecule has 0 aliphatic heterocycles. The molecule has 1 aliphatic carbocycles. The van der Waals surface area contributed by atoms with Crippen LogP contribution in [0.3, 0.4) is 0 Å². The lowest BCUT2D eigenvalue weighted by atomic mass is 9.66. The fourth-order valence-corrected chi connectivity index (χ4v) is 2.71. The van der Waals surface area contributed by atoms with Crippen molar-refractivity contribution in [3.63, 3.8) is 0 Å². The Kier molecular flexibility index (Phi) is 4.34. The van der Waals surface area contributed by atoms with Gasteiger partial charge in [-0.2, -0.15) is 5.26 Å². The van der Waals surface area contributed by atoms with Gasteiger partial charge in [0.05, 0.1) is 11.5 Å². The standard InChI is InChI=1S/C17H23N3O/c1-16(2,11-18)13-4-6-14(7-5-13)20-15(21)10-17(12-19)8-3-9-17/h4-7H,3,8-10,12,19H2,1-2H3,(H,20,21). The Hall–Kier alpha value is -1.86. The molecule has 0 aromatic heterocycles. The van der Waals surface area contributed by atoms with Crippen molar-refractivity contribution in [2.75, 3.05) is 11.9 Å². The number of nitrogens with two attached hydrogens (primary N) is 1. The van der Waals surface area contributed by atoms with Crippen LogP contribution in [-0.2, 0) is 10.2 Å². The molecule has 0 spiro atoms. The van der Waals surface area contributed by atoms with Crippen molar-refractivity contribution in [1.82, 2.24) is 0 Å². The first-order chi connectivity index (χ1) is 9.91. The summed E-state index contributed by atoms with van der Waals surface area (Å²) in [5.41, 5.74) is 7.00. The van der Waals surface area contributed by atoms with Crippen molar-refractivity contribution in [2.24, 2.45) is 11.1 Å². The Morgan fingerprint density at radius 3 is 2.43 bits per heavy atom. The maximum atomic E-state index is 12.1. The number of nitrogens with one attached hydrogen (secondary N) is 1. The summed E-state index contributed by atoms with van der Waals surface area (Å²) in [4.78, 5) is 12.1. The molecule has 3 N–H and O–H groups in total. The number of anilines is 1. The highest BCUT2D eigenvalue weighted by Gasteiger charge is 2.37. The summed E-state index contributed by atoms with van der Waals surface area (Å²) in [6.07, 6.45) is 3.76. The second-order valence-electron chi connectivity index (χ2n) is 6.60. The molecule has 1 aromatic carbocycles. The molecule has 0 heterocycles. The zero-order valence-electron chi connectivity index (χ0n) is 12.8. The minimum atomic E-state index is -0.516. The van der Waals surface area contributed by atoms with E-state index in [2.05, 4.69) is 11.4 Å². The number of carbonyl (C=O) groups excluding carboxylic acids is 1. The van der Waals surface area contributed by atoms with Crippen LogP contribution in [0.25, 0.3) is 0 Å². The zero-order chi connectivity index (χ0) is 15.5. The van der Waals surface area contributed by atoms with Gasteiger partial charge in [-0.1, -0.05) is 18.6 Å². The van der Waals surface area contributed by atoms with E-state index in [1.807, 2.05) is 38.1 Å². The minimum Gasteiger partial charge on any atom is -0.330 e. The van der Waals surface area contributed by atoms with E-state index >= 15 is 0 Å². The Morgan fingerprint density at radius 1 is 1.38 bits per heavy atom. The topological polar surface area (TPSA) is 78.9 Å². The summed E-state index contributed by atoms with van der Waals surface area (Å²) < 4.78 is 0. The van der Waals surface area contributed by atoms with Gasteiger partial charge in [-0.05, 0) is 56.3 Å². The van der Waals surface area contributed by atoms with Crippen LogP contribution in [0, 0.1) is 16.7 Å². The van der Waals surface area contributed by atoms with Crippen LogP contribution in [0.15, 0.2) is 24.3 Å². The number of nitriles is 1. The average Bonchev–Trinajstić information content (AvgIpc) is 2.43. The van der Waals surface area contributed by atoms with Gasteiger partial charge in [0.2, 0.25) is 5.91 Å². The van der Waals surface area contributed by atoms with Crippen LogP contribution in [0.1, 0.15) is 45.1 Å². The summed E-state index contributed by atoms with van der Waals surface area (Å²) in [5.74, 6) is 0.0208. The molecular weight excluding hydrogens is 262 g/mol. The molecule has 2 rings (SSSR count). The van der Waals surface area contributed by atoms with Gasteiger partial charge in [0.25, 0.3) is 0 Å². The van der Waals surface area contributed by atoms with E-state index in [0.29, 0.717) is 13.0 Å². The van der Waals surface area contributed by atoms with Crippen LogP contribution in [0.4, 0.5) is 5.69 Å². The number of amides is 1. The van der Waals surface area contributed by atoms with Crippen molar-refractivity contribution in [3.8, 4) is 6.07 Å². The normalized spacial score (nSPS) is 16.7. The van der Waals surface area contributed by atoms with Crippen LogP contribution in [-0.4, -0.2) is 12.5 Å². The Labute approximate surface area is 126 Å². The van der Waals surface area contributed by atoms with Crippen molar-refractivity contribution in [2.45, 2.75) is 44.9 Å². The Bertz CT molecular complexity index is 545. The molecule has 0 atom stereocenters. The van der Waals surface area contributed by atoms with Gasteiger partial charge in [-0.15, -0.1) is 0 Å².